The summed E-state index contributed by atoms with van der Waals surface area (Å²) in [7, 11) is 3.40. The Bertz CT molecular complexity index is 337. The molecule has 2 nitrogen and oxygen atoms in total. The first-order chi connectivity index (χ1) is 8.67. The van der Waals surface area contributed by atoms with Crippen LogP contribution < -0.4 is 0 Å². The van der Waals surface area contributed by atoms with Crippen LogP contribution in [0.25, 0.3) is 0 Å². The normalized spacial score (nSPS) is 12.9. The van der Waals surface area contributed by atoms with Gasteiger partial charge in [0.25, 0.3) is 0 Å². The maximum absolute atomic E-state index is 5.20. The summed E-state index contributed by atoms with van der Waals surface area (Å²) in [6.07, 6.45) is 4.45. The molecule has 1 aromatic rings. The molecule has 1 rings (SSSR count). The summed E-state index contributed by atoms with van der Waals surface area (Å²) in [6.45, 7) is 2.32. The molecule has 0 aliphatic heterocycles. The maximum Gasteiger partial charge on any atom is 0.156 e. The smallest absolute Gasteiger partial charge is 0.156 e. The van der Waals surface area contributed by atoms with E-state index < -0.39 is 0 Å². The number of benzene rings is 1. The van der Waals surface area contributed by atoms with Crippen molar-refractivity contribution in [3.05, 3.63) is 33.4 Å². The molecule has 0 amide bonds. The third kappa shape index (κ3) is 5.67. The largest absolute Gasteiger partial charge is 0.356 e. The molecule has 0 N–H and O–H groups in total. The molecule has 1 unspecified atom stereocenters. The Labute approximate surface area is 124 Å². The molecule has 0 saturated carbocycles. The number of methoxy groups -OCH3 is 2. The SMILES string of the molecule is COC(CCCC(C)Cc1ccccc1I)OC. The number of ether oxygens (including phenoxy) is 2. The van der Waals surface area contributed by atoms with Crippen molar-refractivity contribution in [2.45, 2.75) is 38.9 Å². The van der Waals surface area contributed by atoms with Crippen molar-refractivity contribution < 1.29 is 9.47 Å². The molecular formula is C15H23IO2. The minimum absolute atomic E-state index is 0.0472. The van der Waals surface area contributed by atoms with Gasteiger partial charge >= 0.3 is 0 Å². The molecule has 0 heterocycles. The van der Waals surface area contributed by atoms with E-state index in [0.717, 1.165) is 19.3 Å². The highest BCUT2D eigenvalue weighted by Gasteiger charge is 2.09. The average Bonchev–Trinajstić information content (AvgIpc) is 2.37. The molecule has 0 fully saturated rings. The van der Waals surface area contributed by atoms with Gasteiger partial charge < -0.3 is 9.47 Å². The van der Waals surface area contributed by atoms with E-state index in [-0.39, 0.29) is 6.29 Å². The van der Waals surface area contributed by atoms with Gasteiger partial charge in [-0.05, 0) is 59.4 Å². The third-order valence-electron chi connectivity index (χ3n) is 3.19. The standard InChI is InChI=1S/C15H23IO2/c1-12(7-6-10-15(17-2)18-3)11-13-8-4-5-9-14(13)16/h4-5,8-9,12,15H,6-7,10-11H2,1-3H3. The van der Waals surface area contributed by atoms with Gasteiger partial charge in [-0.3, -0.25) is 0 Å². The first-order valence-corrected chi connectivity index (χ1v) is 7.54. The summed E-state index contributed by atoms with van der Waals surface area (Å²) >= 11 is 2.41. The van der Waals surface area contributed by atoms with Crippen molar-refractivity contribution in [2.75, 3.05) is 14.2 Å². The van der Waals surface area contributed by atoms with Gasteiger partial charge in [0, 0.05) is 17.8 Å². The number of rotatable bonds is 8. The molecule has 0 bridgehead atoms. The summed E-state index contributed by atoms with van der Waals surface area (Å²) in [6, 6.07) is 8.62. The summed E-state index contributed by atoms with van der Waals surface area (Å²) < 4.78 is 11.8. The second kappa shape index (κ2) is 8.88. The van der Waals surface area contributed by atoms with Gasteiger partial charge in [-0.25, -0.2) is 0 Å². The zero-order valence-electron chi connectivity index (χ0n) is 11.5. The van der Waals surface area contributed by atoms with Crippen LogP contribution in [0.15, 0.2) is 24.3 Å². The highest BCUT2D eigenvalue weighted by atomic mass is 127. The van der Waals surface area contributed by atoms with E-state index in [9.17, 15) is 0 Å². The van der Waals surface area contributed by atoms with Gasteiger partial charge in [0.2, 0.25) is 0 Å². The van der Waals surface area contributed by atoms with Crippen molar-refractivity contribution in [1.82, 2.24) is 0 Å². The van der Waals surface area contributed by atoms with Crippen LogP contribution in [-0.4, -0.2) is 20.5 Å². The Morgan fingerprint density at radius 3 is 2.39 bits per heavy atom. The molecule has 0 saturated heterocycles. The number of hydrogen-bond acceptors (Lipinski definition) is 2. The molecule has 0 radical (unpaired) electrons. The third-order valence-corrected chi connectivity index (χ3v) is 4.24. The molecular weight excluding hydrogens is 339 g/mol. The fourth-order valence-electron chi connectivity index (χ4n) is 2.11. The van der Waals surface area contributed by atoms with Crippen molar-refractivity contribution in [3.8, 4) is 0 Å². The van der Waals surface area contributed by atoms with Crippen LogP contribution >= 0.6 is 22.6 Å². The summed E-state index contributed by atoms with van der Waals surface area (Å²) in [5.41, 5.74) is 1.46. The molecule has 0 aromatic heterocycles. The predicted octanol–water partition coefficient (Wildman–Crippen LogP) is 4.26. The van der Waals surface area contributed by atoms with Crippen LogP contribution in [0.4, 0.5) is 0 Å². The second-order valence-corrected chi connectivity index (χ2v) is 5.89. The predicted molar refractivity (Wildman–Crippen MR) is 83.7 cm³/mol. The fourth-order valence-corrected chi connectivity index (χ4v) is 2.71. The molecule has 102 valence electrons. The minimum Gasteiger partial charge on any atom is -0.356 e. The van der Waals surface area contributed by atoms with E-state index in [0.29, 0.717) is 5.92 Å². The van der Waals surface area contributed by atoms with Crippen molar-refractivity contribution in [3.63, 3.8) is 0 Å². The van der Waals surface area contributed by atoms with Crippen molar-refractivity contribution in [1.29, 1.82) is 0 Å². The maximum atomic E-state index is 5.20. The van der Waals surface area contributed by atoms with E-state index >= 15 is 0 Å². The summed E-state index contributed by atoms with van der Waals surface area (Å²) in [5, 5.41) is 0. The van der Waals surface area contributed by atoms with E-state index in [4.69, 9.17) is 9.47 Å². The van der Waals surface area contributed by atoms with Gasteiger partial charge in [-0.2, -0.15) is 0 Å². The topological polar surface area (TPSA) is 18.5 Å². The number of halogens is 1. The second-order valence-electron chi connectivity index (χ2n) is 4.73. The Morgan fingerprint density at radius 1 is 1.11 bits per heavy atom. The molecule has 18 heavy (non-hydrogen) atoms. The zero-order chi connectivity index (χ0) is 13.4. The highest BCUT2D eigenvalue weighted by molar-refractivity contribution is 14.1. The average molecular weight is 362 g/mol. The van der Waals surface area contributed by atoms with Crippen molar-refractivity contribution >= 4 is 22.6 Å². The molecule has 0 aliphatic rings. The van der Waals surface area contributed by atoms with E-state index in [1.165, 1.54) is 15.6 Å². The summed E-state index contributed by atoms with van der Waals surface area (Å²) in [4.78, 5) is 0. The van der Waals surface area contributed by atoms with Gasteiger partial charge in [0.1, 0.15) is 0 Å². The Balaban J connectivity index is 2.30. The summed E-state index contributed by atoms with van der Waals surface area (Å²) in [5.74, 6) is 0.704. The first-order valence-electron chi connectivity index (χ1n) is 6.46. The first kappa shape index (κ1) is 15.9. The lowest BCUT2D eigenvalue weighted by molar-refractivity contribution is -0.107. The molecule has 3 heteroatoms. The van der Waals surface area contributed by atoms with Crippen LogP contribution in [0, 0.1) is 9.49 Å². The molecule has 1 atom stereocenters. The number of hydrogen-bond donors (Lipinski definition) is 0. The monoisotopic (exact) mass is 362 g/mol. The quantitative estimate of drug-likeness (QED) is 0.508. The van der Waals surface area contributed by atoms with Gasteiger partial charge in [-0.15, -0.1) is 0 Å². The van der Waals surface area contributed by atoms with E-state index in [1.807, 2.05) is 0 Å². The van der Waals surface area contributed by atoms with Gasteiger partial charge in [0.15, 0.2) is 6.29 Å². The molecule has 0 aliphatic carbocycles. The van der Waals surface area contributed by atoms with Crippen LogP contribution in [-0.2, 0) is 15.9 Å². The van der Waals surface area contributed by atoms with Crippen LogP contribution in [0.3, 0.4) is 0 Å². The Hall–Kier alpha value is -0.130. The zero-order valence-corrected chi connectivity index (χ0v) is 13.6. The molecule has 0 spiro atoms. The lowest BCUT2D eigenvalue weighted by atomic mass is 9.96. The Kier molecular flexibility index (Phi) is 7.86. The van der Waals surface area contributed by atoms with Crippen molar-refractivity contribution in [2.24, 2.45) is 5.92 Å². The highest BCUT2D eigenvalue weighted by Crippen LogP contribution is 2.19. The molecule has 1 aromatic carbocycles. The lowest BCUT2D eigenvalue weighted by Gasteiger charge is -2.16. The lowest BCUT2D eigenvalue weighted by Crippen LogP contribution is -2.13. The fraction of sp³-hybridized carbons (Fsp3) is 0.600. The van der Waals surface area contributed by atoms with E-state index in [1.54, 1.807) is 14.2 Å². The van der Waals surface area contributed by atoms with Crippen LogP contribution in [0.5, 0.6) is 0 Å². The van der Waals surface area contributed by atoms with Crippen LogP contribution in [0.2, 0.25) is 0 Å². The van der Waals surface area contributed by atoms with Gasteiger partial charge in [0.05, 0.1) is 0 Å². The minimum atomic E-state index is -0.0472. The Morgan fingerprint density at radius 2 is 1.78 bits per heavy atom. The van der Waals surface area contributed by atoms with E-state index in [2.05, 4.69) is 53.8 Å². The van der Waals surface area contributed by atoms with Crippen LogP contribution in [0.1, 0.15) is 31.7 Å². The van der Waals surface area contributed by atoms with Gasteiger partial charge in [-0.1, -0.05) is 31.5 Å².